The minimum Gasteiger partial charge on any atom is -0.166 e. The third-order valence-electron chi connectivity index (χ3n) is 3.58. The summed E-state index contributed by atoms with van der Waals surface area (Å²) < 4.78 is 80.3. The topological polar surface area (TPSA) is 0 Å². The Morgan fingerprint density at radius 3 is 1.29 bits per heavy atom. The van der Waals surface area contributed by atoms with Crippen molar-refractivity contribution >= 4 is 0 Å². The highest BCUT2D eigenvalue weighted by atomic mass is 19.4. The van der Waals surface area contributed by atoms with Crippen molar-refractivity contribution in [3.8, 4) is 0 Å². The average molecular weight is 350 g/mol. The molecule has 0 spiro atoms. The fourth-order valence-corrected chi connectivity index (χ4v) is 2.56. The van der Waals surface area contributed by atoms with Crippen LogP contribution in [-0.2, 0) is 25.2 Å². The molecule has 0 aliphatic heterocycles. The molecule has 6 heteroatoms. The summed E-state index contributed by atoms with van der Waals surface area (Å²) in [5.74, 6) is 0. The molecule has 1 aromatic carbocycles. The number of benzene rings is 1. The Labute approximate surface area is 137 Å². The SMILES string of the molecule is C/C=C/CCc1ccc(CC/C=C/C)c(C(F)(F)F)c1C(F)(F)F. The number of alkyl halides is 6. The molecule has 0 aliphatic rings. The Morgan fingerprint density at radius 2 is 1.04 bits per heavy atom. The van der Waals surface area contributed by atoms with Crippen LogP contribution < -0.4 is 0 Å². The molecule has 1 aromatic rings. The van der Waals surface area contributed by atoms with E-state index in [1.165, 1.54) is 12.1 Å². The van der Waals surface area contributed by atoms with Crippen LogP contribution >= 0.6 is 0 Å². The van der Waals surface area contributed by atoms with Crippen molar-refractivity contribution in [3.63, 3.8) is 0 Å². The molecule has 0 saturated heterocycles. The predicted octanol–water partition coefficient (Wildman–Crippen LogP) is 6.74. The predicted molar refractivity (Wildman–Crippen MR) is 82.7 cm³/mol. The standard InChI is InChI=1S/C18H20F6/c1-3-5-7-9-13-11-12-14(10-8-6-4-2)16(18(22,23)24)15(13)17(19,20)21/h3-6,11-12H,7-10H2,1-2H3/b5-3+,6-4+. The maximum absolute atomic E-state index is 13.4. The Hall–Kier alpha value is -1.72. The van der Waals surface area contributed by atoms with Gasteiger partial charge in [-0.3, -0.25) is 0 Å². The lowest BCUT2D eigenvalue weighted by molar-refractivity contribution is -0.163. The van der Waals surface area contributed by atoms with Crippen LogP contribution in [0.1, 0.15) is 48.9 Å². The van der Waals surface area contributed by atoms with Crippen LogP contribution in [0, 0.1) is 0 Å². The molecule has 1 rings (SSSR count). The lowest BCUT2D eigenvalue weighted by atomic mass is 9.90. The number of aryl methyl sites for hydroxylation is 2. The molecular formula is C18H20F6. The van der Waals surface area contributed by atoms with E-state index in [0.29, 0.717) is 0 Å². The quantitative estimate of drug-likeness (QED) is 0.394. The number of rotatable bonds is 6. The van der Waals surface area contributed by atoms with Crippen LogP contribution in [0.25, 0.3) is 0 Å². The third-order valence-corrected chi connectivity index (χ3v) is 3.58. The molecule has 0 heterocycles. The van der Waals surface area contributed by atoms with E-state index in [0.717, 1.165) is 0 Å². The molecule has 24 heavy (non-hydrogen) atoms. The van der Waals surface area contributed by atoms with Crippen molar-refractivity contribution in [3.05, 3.63) is 58.7 Å². The molecule has 0 bridgehead atoms. The van der Waals surface area contributed by atoms with E-state index in [1.54, 1.807) is 38.2 Å². The molecule has 0 unspecified atom stereocenters. The molecule has 0 aromatic heterocycles. The number of allylic oxidation sites excluding steroid dienone is 4. The van der Waals surface area contributed by atoms with Gasteiger partial charge < -0.3 is 0 Å². The van der Waals surface area contributed by atoms with Gasteiger partial charge in [-0.15, -0.1) is 0 Å². The summed E-state index contributed by atoms with van der Waals surface area (Å²) in [6.07, 6.45) is -3.18. The Bertz CT molecular complexity index is 538. The molecule has 0 saturated carbocycles. The van der Waals surface area contributed by atoms with Crippen LogP contribution in [0.4, 0.5) is 26.3 Å². The fraction of sp³-hybridized carbons (Fsp3) is 0.444. The van der Waals surface area contributed by atoms with Crippen molar-refractivity contribution in [2.45, 2.75) is 51.9 Å². The highest BCUT2D eigenvalue weighted by Gasteiger charge is 2.46. The van der Waals surface area contributed by atoms with E-state index in [2.05, 4.69) is 0 Å². The van der Waals surface area contributed by atoms with E-state index in [-0.39, 0.29) is 36.8 Å². The van der Waals surface area contributed by atoms with Crippen molar-refractivity contribution < 1.29 is 26.3 Å². The van der Waals surface area contributed by atoms with Gasteiger partial charge in [0.2, 0.25) is 0 Å². The molecule has 0 amide bonds. The second kappa shape index (κ2) is 8.40. The van der Waals surface area contributed by atoms with Gasteiger partial charge in [0.15, 0.2) is 0 Å². The Balaban J connectivity index is 3.49. The van der Waals surface area contributed by atoms with Gasteiger partial charge in [0.05, 0.1) is 11.1 Å². The zero-order chi connectivity index (χ0) is 18.4. The third kappa shape index (κ3) is 5.42. The smallest absolute Gasteiger partial charge is 0.166 e. The summed E-state index contributed by atoms with van der Waals surface area (Å²) in [7, 11) is 0. The summed E-state index contributed by atoms with van der Waals surface area (Å²) in [5, 5.41) is 0. The largest absolute Gasteiger partial charge is 0.417 e. The highest BCUT2D eigenvalue weighted by molar-refractivity contribution is 5.45. The van der Waals surface area contributed by atoms with Gasteiger partial charge in [0, 0.05) is 0 Å². The molecule has 0 atom stereocenters. The molecule has 0 fully saturated rings. The zero-order valence-corrected chi connectivity index (χ0v) is 13.6. The van der Waals surface area contributed by atoms with Gasteiger partial charge >= 0.3 is 12.4 Å². The van der Waals surface area contributed by atoms with E-state index in [9.17, 15) is 26.3 Å². The number of halogens is 6. The Morgan fingerprint density at radius 1 is 0.708 bits per heavy atom. The van der Waals surface area contributed by atoms with Gasteiger partial charge in [-0.2, -0.15) is 26.3 Å². The van der Waals surface area contributed by atoms with E-state index >= 15 is 0 Å². The normalized spacial score (nSPS) is 13.3. The highest BCUT2D eigenvalue weighted by Crippen LogP contribution is 2.44. The maximum Gasteiger partial charge on any atom is 0.417 e. The molecule has 0 aliphatic carbocycles. The summed E-state index contributed by atoms with van der Waals surface area (Å²) in [4.78, 5) is 0. The minimum atomic E-state index is -5.05. The van der Waals surface area contributed by atoms with Crippen molar-refractivity contribution in [2.75, 3.05) is 0 Å². The summed E-state index contributed by atoms with van der Waals surface area (Å²) in [6.45, 7) is 3.41. The first-order chi connectivity index (χ1) is 11.1. The molecule has 0 N–H and O–H groups in total. The molecular weight excluding hydrogens is 330 g/mol. The first-order valence-corrected chi connectivity index (χ1v) is 7.64. The zero-order valence-electron chi connectivity index (χ0n) is 13.6. The summed E-state index contributed by atoms with van der Waals surface area (Å²) in [6, 6.07) is 2.35. The van der Waals surface area contributed by atoms with Crippen LogP contribution in [0.2, 0.25) is 0 Å². The van der Waals surface area contributed by atoms with Crippen LogP contribution in [-0.4, -0.2) is 0 Å². The summed E-state index contributed by atoms with van der Waals surface area (Å²) >= 11 is 0. The van der Waals surface area contributed by atoms with Crippen molar-refractivity contribution in [1.82, 2.24) is 0 Å². The average Bonchev–Trinajstić information content (AvgIpc) is 2.46. The maximum atomic E-state index is 13.4. The van der Waals surface area contributed by atoms with Gasteiger partial charge in [-0.1, -0.05) is 36.4 Å². The monoisotopic (exact) mass is 350 g/mol. The lowest BCUT2D eigenvalue weighted by Crippen LogP contribution is -2.21. The van der Waals surface area contributed by atoms with E-state index in [4.69, 9.17) is 0 Å². The van der Waals surface area contributed by atoms with Crippen molar-refractivity contribution in [1.29, 1.82) is 0 Å². The van der Waals surface area contributed by atoms with Crippen LogP contribution in [0.3, 0.4) is 0 Å². The van der Waals surface area contributed by atoms with Crippen molar-refractivity contribution in [2.24, 2.45) is 0 Å². The van der Waals surface area contributed by atoms with Crippen LogP contribution in [0.15, 0.2) is 36.4 Å². The summed E-state index contributed by atoms with van der Waals surface area (Å²) in [5.41, 5.74) is -3.72. The van der Waals surface area contributed by atoms with Gasteiger partial charge in [0.1, 0.15) is 0 Å². The molecule has 134 valence electrons. The first-order valence-electron chi connectivity index (χ1n) is 7.64. The number of hydrogen-bond acceptors (Lipinski definition) is 0. The van der Waals surface area contributed by atoms with Crippen LogP contribution in [0.5, 0.6) is 0 Å². The lowest BCUT2D eigenvalue weighted by Gasteiger charge is -2.22. The first kappa shape index (κ1) is 20.3. The van der Waals surface area contributed by atoms with E-state index in [1.807, 2.05) is 0 Å². The molecule has 0 radical (unpaired) electrons. The van der Waals surface area contributed by atoms with Gasteiger partial charge in [-0.05, 0) is 50.7 Å². The van der Waals surface area contributed by atoms with E-state index < -0.39 is 23.5 Å². The fourth-order valence-electron chi connectivity index (χ4n) is 2.56. The second-order valence-electron chi connectivity index (χ2n) is 5.34. The number of hydrogen-bond donors (Lipinski definition) is 0. The Kier molecular flexibility index (Phi) is 7.11. The molecule has 0 nitrogen and oxygen atoms in total. The van der Waals surface area contributed by atoms with Gasteiger partial charge in [-0.25, -0.2) is 0 Å². The second-order valence-corrected chi connectivity index (χ2v) is 5.34. The minimum absolute atomic E-state index is 0.0859. The van der Waals surface area contributed by atoms with Gasteiger partial charge in [0.25, 0.3) is 0 Å².